The van der Waals surface area contributed by atoms with E-state index < -0.39 is 34.6 Å². The Morgan fingerprint density at radius 1 is 1.46 bits per heavy atom. The first-order chi connectivity index (χ1) is 5.23. The van der Waals surface area contributed by atoms with E-state index in [1.807, 2.05) is 0 Å². The summed E-state index contributed by atoms with van der Waals surface area (Å²) in [7, 11) is -5.74. The van der Waals surface area contributed by atoms with Crippen LogP contribution in [0.15, 0.2) is 0 Å². The molecule has 0 amide bonds. The van der Waals surface area contributed by atoms with E-state index >= 15 is 0 Å². The fraction of sp³-hybridized carbons (Fsp3) is 1.00. The van der Waals surface area contributed by atoms with Gasteiger partial charge in [-0.15, -0.1) is 0 Å². The number of halogens is 3. The summed E-state index contributed by atoms with van der Waals surface area (Å²) in [5.74, 6) is 0. The number of alkyl halides is 3. The van der Waals surface area contributed by atoms with Crippen molar-refractivity contribution in [1.82, 2.24) is 0 Å². The molecule has 0 aliphatic rings. The van der Waals surface area contributed by atoms with Crippen LogP contribution < -0.4 is 18.9 Å². The quantitative estimate of drug-likeness (QED) is 0.396. The third-order valence-electron chi connectivity index (χ3n) is 1.09. The maximum atomic E-state index is 12.2. The summed E-state index contributed by atoms with van der Waals surface area (Å²) in [5, 5.41) is 3.16. The molecule has 0 aromatic heterocycles. The van der Waals surface area contributed by atoms with Crippen molar-refractivity contribution in [2.45, 2.75) is 17.8 Å². The fourth-order valence-electron chi connectivity index (χ4n) is 0.443. The molecule has 0 aromatic carbocycles. The predicted octanol–water partition coefficient (Wildman–Crippen LogP) is -2.70. The smallest absolute Gasteiger partial charge is 1.00 e. The van der Waals surface area contributed by atoms with E-state index in [0.717, 1.165) is 0 Å². The molecule has 1 unspecified atom stereocenters. The number of hydrogen-bond donors (Lipinski definition) is 2. The van der Waals surface area contributed by atoms with Gasteiger partial charge in [-0.3, -0.25) is 4.55 Å². The van der Waals surface area contributed by atoms with Gasteiger partial charge in [0.15, 0.2) is 6.17 Å². The van der Waals surface area contributed by atoms with Crippen LogP contribution in [-0.2, 0) is 10.1 Å². The van der Waals surface area contributed by atoms with Crippen LogP contribution in [0.25, 0.3) is 0 Å². The van der Waals surface area contributed by atoms with Crippen molar-refractivity contribution in [2.24, 2.45) is 0 Å². The fourth-order valence-corrected chi connectivity index (χ4v) is 0.884. The average molecular weight is 216 g/mol. The molecule has 0 saturated heterocycles. The van der Waals surface area contributed by atoms with E-state index in [9.17, 15) is 21.6 Å². The zero-order valence-corrected chi connectivity index (χ0v) is 7.56. The number of aliphatic hydroxyl groups is 1. The van der Waals surface area contributed by atoms with E-state index in [1.54, 1.807) is 0 Å². The first-order valence-electron chi connectivity index (χ1n) is 2.83. The molecule has 0 saturated carbocycles. The normalized spacial score (nSPS) is 14.8. The van der Waals surface area contributed by atoms with Gasteiger partial charge in [-0.1, -0.05) is 0 Å². The molecule has 0 bridgehead atoms. The molecule has 0 aliphatic heterocycles. The largest absolute Gasteiger partial charge is 1.00 e. The summed E-state index contributed by atoms with van der Waals surface area (Å²) in [5.41, 5.74) is 0. The van der Waals surface area contributed by atoms with Crippen LogP contribution in [-0.4, -0.2) is 36.1 Å². The van der Waals surface area contributed by atoms with Crippen LogP contribution in [0, 0.1) is 0 Å². The zero-order valence-electron chi connectivity index (χ0n) is 7.74. The van der Waals surface area contributed by atoms with Crippen LogP contribution in [0.4, 0.5) is 13.2 Å². The summed E-state index contributed by atoms with van der Waals surface area (Å²) in [4.78, 5) is 0. The Labute approximate surface area is 86.5 Å². The second-order valence-corrected chi connectivity index (χ2v) is 3.51. The Bertz CT molecular complexity index is 247. The van der Waals surface area contributed by atoms with Crippen LogP contribution in [0.5, 0.6) is 0 Å². The second kappa shape index (κ2) is 5.22. The summed E-state index contributed by atoms with van der Waals surface area (Å²) < 4.78 is 64.2. The first kappa shape index (κ1) is 15.7. The third kappa shape index (κ3) is 3.87. The van der Waals surface area contributed by atoms with Gasteiger partial charge in [0, 0.05) is 13.0 Å². The van der Waals surface area contributed by atoms with Crippen molar-refractivity contribution in [2.75, 3.05) is 6.61 Å². The molecular formula is C4H8F3LiO4S. The molecule has 13 heavy (non-hydrogen) atoms. The summed E-state index contributed by atoms with van der Waals surface area (Å²) in [6.45, 7) is -0.924. The van der Waals surface area contributed by atoms with E-state index in [-0.39, 0.29) is 20.3 Å². The maximum Gasteiger partial charge on any atom is 1.00 e. The number of aliphatic hydroxyl groups excluding tert-OH is 1. The van der Waals surface area contributed by atoms with Crippen molar-refractivity contribution >= 4 is 10.1 Å². The van der Waals surface area contributed by atoms with Gasteiger partial charge in [0.2, 0.25) is 0 Å². The first-order valence-corrected chi connectivity index (χ1v) is 4.27. The van der Waals surface area contributed by atoms with Crippen molar-refractivity contribution in [3.05, 3.63) is 0 Å². The van der Waals surface area contributed by atoms with Gasteiger partial charge in [-0.25, -0.2) is 4.39 Å². The van der Waals surface area contributed by atoms with E-state index in [2.05, 4.69) is 0 Å². The molecule has 0 heterocycles. The SMILES string of the molecule is O=S(=O)(O)C(F)(F)C(F)CCO.[H-].[Li+]. The zero-order chi connectivity index (χ0) is 9.99. The van der Waals surface area contributed by atoms with E-state index in [4.69, 9.17) is 9.66 Å². The minimum Gasteiger partial charge on any atom is -1.00 e. The Morgan fingerprint density at radius 2 is 1.85 bits per heavy atom. The van der Waals surface area contributed by atoms with Crippen LogP contribution in [0.3, 0.4) is 0 Å². The molecule has 4 nitrogen and oxygen atoms in total. The van der Waals surface area contributed by atoms with Gasteiger partial charge in [0.1, 0.15) is 0 Å². The van der Waals surface area contributed by atoms with Crippen molar-refractivity contribution in [3.8, 4) is 0 Å². The van der Waals surface area contributed by atoms with Gasteiger partial charge in [-0.2, -0.15) is 17.2 Å². The number of rotatable bonds is 4. The van der Waals surface area contributed by atoms with E-state index in [1.165, 1.54) is 0 Å². The molecular weight excluding hydrogens is 208 g/mol. The molecule has 76 valence electrons. The second-order valence-electron chi connectivity index (χ2n) is 2.02. The maximum absolute atomic E-state index is 12.2. The Kier molecular flexibility index (Phi) is 6.31. The topological polar surface area (TPSA) is 74.6 Å². The molecule has 0 aromatic rings. The Morgan fingerprint density at radius 3 is 2.08 bits per heavy atom. The molecule has 1 atom stereocenters. The van der Waals surface area contributed by atoms with Crippen LogP contribution >= 0.6 is 0 Å². The minimum atomic E-state index is -5.74. The van der Waals surface area contributed by atoms with Crippen molar-refractivity contribution < 1.29 is 51.5 Å². The average Bonchev–Trinajstić information content (AvgIpc) is 1.85. The number of hydrogen-bond acceptors (Lipinski definition) is 3. The van der Waals surface area contributed by atoms with Gasteiger partial charge in [0.25, 0.3) is 0 Å². The molecule has 0 rings (SSSR count). The molecule has 0 radical (unpaired) electrons. The summed E-state index contributed by atoms with van der Waals surface area (Å²) in [6.07, 6.45) is -4.15. The van der Waals surface area contributed by atoms with Crippen LogP contribution in [0.2, 0.25) is 0 Å². The Hall–Kier alpha value is 0.257. The minimum absolute atomic E-state index is 0. The molecule has 2 N–H and O–H groups in total. The summed E-state index contributed by atoms with van der Waals surface area (Å²) >= 11 is 0. The van der Waals surface area contributed by atoms with Crippen LogP contribution in [0.1, 0.15) is 7.85 Å². The summed E-state index contributed by atoms with van der Waals surface area (Å²) in [6, 6.07) is 0. The molecule has 0 fully saturated rings. The van der Waals surface area contributed by atoms with Crippen molar-refractivity contribution in [3.63, 3.8) is 0 Å². The van der Waals surface area contributed by atoms with Crippen molar-refractivity contribution in [1.29, 1.82) is 0 Å². The Balaban J connectivity index is -0.000000605. The third-order valence-corrected chi connectivity index (χ3v) is 2.03. The van der Waals surface area contributed by atoms with Gasteiger partial charge in [0.05, 0.1) is 0 Å². The van der Waals surface area contributed by atoms with Gasteiger partial charge in [-0.05, 0) is 0 Å². The molecule has 0 aliphatic carbocycles. The monoisotopic (exact) mass is 216 g/mol. The molecule has 9 heteroatoms. The van der Waals surface area contributed by atoms with Gasteiger partial charge < -0.3 is 6.53 Å². The van der Waals surface area contributed by atoms with Gasteiger partial charge >= 0.3 is 34.2 Å². The van der Waals surface area contributed by atoms with E-state index in [0.29, 0.717) is 0 Å². The standard InChI is InChI=1S/C4H7F3O4S.Li.H/c5-3(1-2-8)4(6,7)12(9,10)11;;/h3,8H,1-2H2,(H,9,10,11);;/q;+1;-1. The molecule has 0 spiro atoms. The predicted molar refractivity (Wildman–Crippen MR) is 34.2 cm³/mol.